The molecule has 0 saturated heterocycles. The van der Waals surface area contributed by atoms with E-state index in [-0.39, 0.29) is 0 Å². The molecule has 1 atom stereocenters. The van der Waals surface area contributed by atoms with Crippen molar-refractivity contribution >= 4 is 0 Å². The Balaban J connectivity index is 1.91. The van der Waals surface area contributed by atoms with Crippen molar-refractivity contribution in [2.75, 3.05) is 6.61 Å². The lowest BCUT2D eigenvalue weighted by Gasteiger charge is -2.10. The van der Waals surface area contributed by atoms with E-state index in [0.717, 1.165) is 24.7 Å². The fourth-order valence-electron chi connectivity index (χ4n) is 1.85. The molecule has 1 unspecified atom stereocenters. The molecule has 2 heteroatoms. The van der Waals surface area contributed by atoms with Crippen LogP contribution in [0.5, 0.6) is 5.75 Å². The average Bonchev–Trinajstić information content (AvgIpc) is 3.04. The second-order valence-corrected chi connectivity index (χ2v) is 4.28. The van der Waals surface area contributed by atoms with Gasteiger partial charge < -0.3 is 10.5 Å². The van der Waals surface area contributed by atoms with Gasteiger partial charge in [0.1, 0.15) is 5.75 Å². The SMILES string of the molecule is CCOc1ccc(CC(N)C2CC2)cc1. The Bertz CT molecular complexity index is 303. The van der Waals surface area contributed by atoms with Gasteiger partial charge in [0, 0.05) is 6.04 Å². The van der Waals surface area contributed by atoms with E-state index in [4.69, 9.17) is 10.5 Å². The molecule has 2 N–H and O–H groups in total. The second kappa shape index (κ2) is 4.67. The van der Waals surface area contributed by atoms with Crippen molar-refractivity contribution in [1.29, 1.82) is 0 Å². The summed E-state index contributed by atoms with van der Waals surface area (Å²) in [7, 11) is 0. The van der Waals surface area contributed by atoms with E-state index in [1.807, 2.05) is 19.1 Å². The first-order valence-electron chi connectivity index (χ1n) is 5.77. The predicted octanol–water partition coefficient (Wildman–Crippen LogP) is 2.37. The van der Waals surface area contributed by atoms with E-state index in [1.165, 1.54) is 18.4 Å². The molecule has 1 aliphatic carbocycles. The molecule has 1 saturated carbocycles. The first kappa shape index (κ1) is 10.5. The predicted molar refractivity (Wildman–Crippen MR) is 62.0 cm³/mol. The molecule has 0 heterocycles. The molecule has 1 aromatic carbocycles. The van der Waals surface area contributed by atoms with Crippen LogP contribution in [0.15, 0.2) is 24.3 Å². The summed E-state index contributed by atoms with van der Waals surface area (Å²) in [6.45, 7) is 2.72. The molecule has 1 aromatic rings. The number of benzene rings is 1. The molecule has 0 bridgehead atoms. The van der Waals surface area contributed by atoms with Gasteiger partial charge in [-0.3, -0.25) is 0 Å². The van der Waals surface area contributed by atoms with Gasteiger partial charge in [0.25, 0.3) is 0 Å². The molecular weight excluding hydrogens is 186 g/mol. The topological polar surface area (TPSA) is 35.2 Å². The Hall–Kier alpha value is -1.02. The van der Waals surface area contributed by atoms with E-state index in [9.17, 15) is 0 Å². The Kier molecular flexibility index (Phi) is 3.27. The van der Waals surface area contributed by atoms with E-state index in [1.54, 1.807) is 0 Å². The molecule has 0 aromatic heterocycles. The minimum absolute atomic E-state index is 0.350. The summed E-state index contributed by atoms with van der Waals surface area (Å²) in [5.74, 6) is 1.72. The normalized spacial score (nSPS) is 17.5. The lowest BCUT2D eigenvalue weighted by atomic mass is 10.0. The molecular formula is C13H19NO. The van der Waals surface area contributed by atoms with Gasteiger partial charge in [0.05, 0.1) is 6.61 Å². The van der Waals surface area contributed by atoms with Crippen LogP contribution in [0.1, 0.15) is 25.3 Å². The maximum atomic E-state index is 6.08. The molecule has 15 heavy (non-hydrogen) atoms. The van der Waals surface area contributed by atoms with Crippen molar-refractivity contribution in [3.05, 3.63) is 29.8 Å². The summed E-state index contributed by atoms with van der Waals surface area (Å²) in [5.41, 5.74) is 7.39. The summed E-state index contributed by atoms with van der Waals surface area (Å²) >= 11 is 0. The monoisotopic (exact) mass is 205 g/mol. The van der Waals surface area contributed by atoms with Crippen molar-refractivity contribution in [2.24, 2.45) is 11.7 Å². The van der Waals surface area contributed by atoms with Crippen LogP contribution in [-0.2, 0) is 6.42 Å². The van der Waals surface area contributed by atoms with Gasteiger partial charge in [-0.15, -0.1) is 0 Å². The van der Waals surface area contributed by atoms with Gasteiger partial charge in [0.2, 0.25) is 0 Å². The summed E-state index contributed by atoms with van der Waals surface area (Å²) in [5, 5.41) is 0. The first-order chi connectivity index (χ1) is 7.29. The molecule has 2 rings (SSSR count). The lowest BCUT2D eigenvalue weighted by Crippen LogP contribution is -2.24. The van der Waals surface area contributed by atoms with Crippen LogP contribution < -0.4 is 10.5 Å². The molecule has 0 aliphatic heterocycles. The van der Waals surface area contributed by atoms with E-state index in [0.29, 0.717) is 6.04 Å². The average molecular weight is 205 g/mol. The van der Waals surface area contributed by atoms with E-state index >= 15 is 0 Å². The zero-order valence-electron chi connectivity index (χ0n) is 9.28. The van der Waals surface area contributed by atoms with Gasteiger partial charge in [-0.1, -0.05) is 12.1 Å². The molecule has 0 amide bonds. The third-order valence-corrected chi connectivity index (χ3v) is 2.93. The maximum Gasteiger partial charge on any atom is 0.119 e. The Morgan fingerprint density at radius 1 is 1.33 bits per heavy atom. The fourth-order valence-corrected chi connectivity index (χ4v) is 1.85. The number of hydrogen-bond donors (Lipinski definition) is 1. The van der Waals surface area contributed by atoms with Crippen molar-refractivity contribution in [1.82, 2.24) is 0 Å². The summed E-state index contributed by atoms with van der Waals surface area (Å²) < 4.78 is 5.39. The number of hydrogen-bond acceptors (Lipinski definition) is 2. The van der Waals surface area contributed by atoms with Gasteiger partial charge in [-0.05, 0) is 49.8 Å². The molecule has 0 radical (unpaired) electrons. The summed E-state index contributed by atoms with van der Waals surface area (Å²) in [6, 6.07) is 8.64. The van der Waals surface area contributed by atoms with Crippen LogP contribution in [0.25, 0.3) is 0 Å². The number of ether oxygens (including phenoxy) is 1. The van der Waals surface area contributed by atoms with Crippen molar-refractivity contribution in [2.45, 2.75) is 32.2 Å². The van der Waals surface area contributed by atoms with E-state index < -0.39 is 0 Å². The van der Waals surface area contributed by atoms with Crippen LogP contribution in [0.3, 0.4) is 0 Å². The molecule has 2 nitrogen and oxygen atoms in total. The van der Waals surface area contributed by atoms with Crippen LogP contribution in [0, 0.1) is 5.92 Å². The van der Waals surface area contributed by atoms with Gasteiger partial charge in [-0.25, -0.2) is 0 Å². The highest BCUT2D eigenvalue weighted by atomic mass is 16.5. The van der Waals surface area contributed by atoms with Gasteiger partial charge >= 0.3 is 0 Å². The largest absolute Gasteiger partial charge is 0.494 e. The van der Waals surface area contributed by atoms with E-state index in [2.05, 4.69) is 12.1 Å². The highest BCUT2D eigenvalue weighted by Crippen LogP contribution is 2.32. The zero-order valence-corrected chi connectivity index (χ0v) is 9.28. The second-order valence-electron chi connectivity index (χ2n) is 4.28. The molecule has 0 spiro atoms. The van der Waals surface area contributed by atoms with Gasteiger partial charge in [-0.2, -0.15) is 0 Å². The van der Waals surface area contributed by atoms with Crippen LogP contribution in [0.2, 0.25) is 0 Å². The van der Waals surface area contributed by atoms with Crippen molar-refractivity contribution in [3.63, 3.8) is 0 Å². The third-order valence-electron chi connectivity index (χ3n) is 2.93. The van der Waals surface area contributed by atoms with Gasteiger partial charge in [0.15, 0.2) is 0 Å². The third kappa shape index (κ3) is 2.96. The molecule has 1 aliphatic rings. The standard InChI is InChI=1S/C13H19NO/c1-2-15-12-7-3-10(4-8-12)9-13(14)11-5-6-11/h3-4,7-8,11,13H,2,5-6,9,14H2,1H3. The minimum atomic E-state index is 0.350. The van der Waals surface area contributed by atoms with Crippen LogP contribution in [0.4, 0.5) is 0 Å². The summed E-state index contributed by atoms with van der Waals surface area (Å²) in [4.78, 5) is 0. The quantitative estimate of drug-likeness (QED) is 0.801. The Morgan fingerprint density at radius 2 is 2.00 bits per heavy atom. The zero-order chi connectivity index (χ0) is 10.7. The summed E-state index contributed by atoms with van der Waals surface area (Å²) in [6.07, 6.45) is 3.63. The Labute approximate surface area is 91.4 Å². The van der Waals surface area contributed by atoms with Crippen LogP contribution in [-0.4, -0.2) is 12.6 Å². The highest BCUT2D eigenvalue weighted by Gasteiger charge is 2.28. The van der Waals surface area contributed by atoms with Crippen molar-refractivity contribution in [3.8, 4) is 5.75 Å². The van der Waals surface area contributed by atoms with Crippen LogP contribution >= 0.6 is 0 Å². The lowest BCUT2D eigenvalue weighted by molar-refractivity contribution is 0.340. The maximum absolute atomic E-state index is 6.08. The smallest absolute Gasteiger partial charge is 0.119 e. The van der Waals surface area contributed by atoms with Crippen molar-refractivity contribution < 1.29 is 4.74 Å². The number of rotatable bonds is 5. The number of nitrogens with two attached hydrogens (primary N) is 1. The highest BCUT2D eigenvalue weighted by molar-refractivity contribution is 5.27. The Morgan fingerprint density at radius 3 is 2.53 bits per heavy atom. The first-order valence-corrected chi connectivity index (χ1v) is 5.77. The molecule has 1 fully saturated rings. The fraction of sp³-hybridized carbons (Fsp3) is 0.538. The minimum Gasteiger partial charge on any atom is -0.494 e. The molecule has 82 valence electrons.